The number of hydrogen-bond donors (Lipinski definition) is 0. The Morgan fingerprint density at radius 3 is 2.33 bits per heavy atom. The molecule has 0 radical (unpaired) electrons. The summed E-state index contributed by atoms with van der Waals surface area (Å²) >= 11 is 3.22. The Morgan fingerprint density at radius 1 is 1.83 bits per heavy atom. The maximum Gasteiger partial charge on any atom is 0.0126 e. The first-order chi connectivity index (χ1) is 2.81. The lowest BCUT2D eigenvalue weighted by Gasteiger charge is -1.75. The smallest absolute Gasteiger partial charge is 0.0126 e. The van der Waals surface area contributed by atoms with E-state index in [1.807, 2.05) is 13.0 Å². The molecule has 0 aromatic heterocycles. The van der Waals surface area contributed by atoms with Gasteiger partial charge in [-0.2, -0.15) is 0 Å². The Hall–Kier alpha value is -0.0400. The van der Waals surface area contributed by atoms with Crippen molar-refractivity contribution in [3.8, 4) is 0 Å². The Bertz CT molecular complexity index is 72.0. The fourth-order valence-electron chi connectivity index (χ4n) is 0.118. The maximum absolute atomic E-state index is 3.52. The fraction of sp³-hybridized carbons (Fsp3) is 0.200. The highest BCUT2D eigenvalue weighted by atomic mass is 79.9. The van der Waals surface area contributed by atoms with Crippen LogP contribution in [0.3, 0.4) is 0 Å². The predicted octanol–water partition coefficient (Wildman–Crippen LogP) is 2.47. The van der Waals surface area contributed by atoms with Crippen molar-refractivity contribution in [3.05, 3.63) is 23.2 Å². The molecule has 0 aliphatic rings. The second-order valence-corrected chi connectivity index (χ2v) is 1.79. The molecule has 0 rings (SSSR count). The predicted molar refractivity (Wildman–Crippen MR) is 32.9 cm³/mol. The van der Waals surface area contributed by atoms with Crippen LogP contribution in [0.1, 0.15) is 6.92 Å². The second kappa shape index (κ2) is 3.16. The lowest BCUT2D eigenvalue weighted by molar-refractivity contribution is 1.72. The molecule has 1 heteroatoms. The van der Waals surface area contributed by atoms with E-state index in [2.05, 4.69) is 22.5 Å². The Labute approximate surface area is 46.7 Å². The Kier molecular flexibility index (Phi) is 3.14. The highest BCUT2D eigenvalue weighted by Crippen LogP contribution is 2.02. The Morgan fingerprint density at radius 2 is 2.33 bits per heavy atom. The third-order valence-corrected chi connectivity index (χ3v) is 1.25. The topological polar surface area (TPSA) is 0 Å². The molecule has 0 bridgehead atoms. The summed E-state index contributed by atoms with van der Waals surface area (Å²) < 4.78 is 1.04. The third-order valence-electron chi connectivity index (χ3n) is 0.471. The van der Waals surface area contributed by atoms with Crippen molar-refractivity contribution in [1.29, 1.82) is 0 Å². The van der Waals surface area contributed by atoms with E-state index in [4.69, 9.17) is 0 Å². The van der Waals surface area contributed by atoms with Crippen molar-refractivity contribution < 1.29 is 0 Å². The lowest BCUT2D eigenvalue weighted by Crippen LogP contribution is -1.49. The molecule has 0 amide bonds. The van der Waals surface area contributed by atoms with Crippen molar-refractivity contribution in [3.63, 3.8) is 0 Å². The van der Waals surface area contributed by atoms with E-state index in [1.54, 1.807) is 6.08 Å². The zero-order valence-electron chi connectivity index (χ0n) is 3.74. The fourth-order valence-corrected chi connectivity index (χ4v) is 0.118. The molecule has 0 spiro atoms. The SMILES string of the molecule is C=C/C(Br)=C/C. The minimum absolute atomic E-state index is 1.04. The maximum atomic E-state index is 3.52. The number of allylic oxidation sites excluding steroid dienone is 3. The quantitative estimate of drug-likeness (QED) is 0.499. The summed E-state index contributed by atoms with van der Waals surface area (Å²) in [4.78, 5) is 0. The summed E-state index contributed by atoms with van der Waals surface area (Å²) in [6.07, 6.45) is 3.69. The van der Waals surface area contributed by atoms with E-state index >= 15 is 0 Å². The third kappa shape index (κ3) is 2.21. The van der Waals surface area contributed by atoms with Crippen LogP contribution in [-0.2, 0) is 0 Å². The van der Waals surface area contributed by atoms with Crippen molar-refractivity contribution in [2.75, 3.05) is 0 Å². The van der Waals surface area contributed by atoms with Crippen molar-refractivity contribution >= 4 is 15.9 Å². The van der Waals surface area contributed by atoms with E-state index in [-0.39, 0.29) is 0 Å². The first-order valence-electron chi connectivity index (χ1n) is 1.75. The van der Waals surface area contributed by atoms with Crippen LogP contribution in [0.5, 0.6) is 0 Å². The van der Waals surface area contributed by atoms with Gasteiger partial charge in [0.25, 0.3) is 0 Å². The highest BCUT2D eigenvalue weighted by molar-refractivity contribution is 9.11. The Balaban J connectivity index is 3.50. The van der Waals surface area contributed by atoms with Crippen molar-refractivity contribution in [1.82, 2.24) is 0 Å². The molecule has 0 saturated heterocycles. The van der Waals surface area contributed by atoms with Gasteiger partial charge in [0.2, 0.25) is 0 Å². The van der Waals surface area contributed by atoms with Crippen LogP contribution in [0.15, 0.2) is 23.2 Å². The van der Waals surface area contributed by atoms with Gasteiger partial charge in [0, 0.05) is 4.48 Å². The van der Waals surface area contributed by atoms with E-state index in [9.17, 15) is 0 Å². The first-order valence-corrected chi connectivity index (χ1v) is 2.54. The van der Waals surface area contributed by atoms with Crippen LogP contribution in [0, 0.1) is 0 Å². The van der Waals surface area contributed by atoms with Crippen LogP contribution in [0.2, 0.25) is 0 Å². The molecule has 6 heavy (non-hydrogen) atoms. The molecule has 0 aliphatic carbocycles. The molecular weight excluding hydrogens is 140 g/mol. The standard InChI is InChI=1S/C5H7Br/c1-3-5(6)4-2/h3-4H,1H2,2H3/b5-4-. The summed E-state index contributed by atoms with van der Waals surface area (Å²) in [5, 5.41) is 0. The summed E-state index contributed by atoms with van der Waals surface area (Å²) in [6, 6.07) is 0. The summed E-state index contributed by atoms with van der Waals surface area (Å²) in [5.41, 5.74) is 0. The molecule has 0 N–H and O–H groups in total. The molecule has 0 nitrogen and oxygen atoms in total. The molecule has 0 aromatic carbocycles. The first kappa shape index (κ1) is 5.96. The van der Waals surface area contributed by atoms with Crippen LogP contribution in [0.4, 0.5) is 0 Å². The second-order valence-electron chi connectivity index (χ2n) is 0.878. The monoisotopic (exact) mass is 146 g/mol. The van der Waals surface area contributed by atoms with E-state index in [0.717, 1.165) is 4.48 Å². The molecule has 0 aliphatic heterocycles. The van der Waals surface area contributed by atoms with Gasteiger partial charge < -0.3 is 0 Å². The molecular formula is C5H7Br. The molecule has 0 unspecified atom stereocenters. The van der Waals surface area contributed by atoms with Crippen LogP contribution >= 0.6 is 15.9 Å². The van der Waals surface area contributed by atoms with E-state index in [0.29, 0.717) is 0 Å². The summed E-state index contributed by atoms with van der Waals surface area (Å²) in [6.45, 7) is 5.47. The molecule has 0 fully saturated rings. The van der Waals surface area contributed by atoms with Gasteiger partial charge in [0.05, 0.1) is 0 Å². The normalized spacial score (nSPS) is 11.3. The average Bonchev–Trinajstić information content (AvgIpc) is 1.65. The number of hydrogen-bond acceptors (Lipinski definition) is 0. The number of rotatable bonds is 1. The van der Waals surface area contributed by atoms with E-state index < -0.39 is 0 Å². The van der Waals surface area contributed by atoms with Gasteiger partial charge in [-0.05, 0) is 6.92 Å². The molecule has 34 valence electrons. The van der Waals surface area contributed by atoms with Gasteiger partial charge in [0.15, 0.2) is 0 Å². The van der Waals surface area contributed by atoms with E-state index in [1.165, 1.54) is 0 Å². The lowest BCUT2D eigenvalue weighted by atomic mass is 10.5. The van der Waals surface area contributed by atoms with Gasteiger partial charge in [-0.1, -0.05) is 34.7 Å². The van der Waals surface area contributed by atoms with Gasteiger partial charge in [-0.15, -0.1) is 0 Å². The zero-order valence-corrected chi connectivity index (χ0v) is 5.33. The highest BCUT2D eigenvalue weighted by Gasteiger charge is 1.69. The minimum atomic E-state index is 1.04. The van der Waals surface area contributed by atoms with Crippen LogP contribution in [0.25, 0.3) is 0 Å². The minimum Gasteiger partial charge on any atom is -0.0980 e. The van der Waals surface area contributed by atoms with Crippen LogP contribution < -0.4 is 0 Å². The largest absolute Gasteiger partial charge is 0.0980 e. The molecule has 0 atom stereocenters. The summed E-state index contributed by atoms with van der Waals surface area (Å²) in [5.74, 6) is 0. The van der Waals surface area contributed by atoms with Gasteiger partial charge >= 0.3 is 0 Å². The van der Waals surface area contributed by atoms with Gasteiger partial charge in [-0.25, -0.2) is 0 Å². The number of halogens is 1. The molecule has 0 saturated carbocycles. The molecule has 0 heterocycles. The van der Waals surface area contributed by atoms with Crippen LogP contribution in [-0.4, -0.2) is 0 Å². The van der Waals surface area contributed by atoms with Gasteiger partial charge in [-0.3, -0.25) is 0 Å². The zero-order chi connectivity index (χ0) is 4.99. The summed E-state index contributed by atoms with van der Waals surface area (Å²) in [7, 11) is 0. The van der Waals surface area contributed by atoms with Crippen molar-refractivity contribution in [2.24, 2.45) is 0 Å². The van der Waals surface area contributed by atoms with Gasteiger partial charge in [0.1, 0.15) is 0 Å². The average molecular weight is 147 g/mol. The van der Waals surface area contributed by atoms with Crippen molar-refractivity contribution in [2.45, 2.75) is 6.92 Å². The molecule has 0 aromatic rings.